The zero-order valence-electron chi connectivity index (χ0n) is 12.2. The van der Waals surface area contributed by atoms with Gasteiger partial charge in [-0.2, -0.15) is 5.26 Å². The maximum atomic E-state index is 8.67. The molecule has 18 heavy (non-hydrogen) atoms. The van der Waals surface area contributed by atoms with Gasteiger partial charge in [0.2, 0.25) is 0 Å². The molecule has 3 nitrogen and oxygen atoms in total. The third-order valence-corrected chi connectivity index (χ3v) is 3.28. The van der Waals surface area contributed by atoms with Crippen molar-refractivity contribution in [1.29, 1.82) is 5.26 Å². The lowest BCUT2D eigenvalue weighted by atomic mass is 9.75. The van der Waals surface area contributed by atoms with Crippen molar-refractivity contribution in [3.63, 3.8) is 0 Å². The topological polar surface area (TPSA) is 49.6 Å². The molecule has 1 aliphatic carbocycles. The quantitative estimate of drug-likeness (QED) is 0.762. The van der Waals surface area contributed by atoms with Crippen LogP contribution < -0.4 is 0 Å². The van der Waals surface area contributed by atoms with Gasteiger partial charge in [0.25, 0.3) is 0 Å². The van der Waals surface area contributed by atoms with Gasteiger partial charge in [-0.25, -0.2) is 9.97 Å². The second kappa shape index (κ2) is 5.95. The first-order chi connectivity index (χ1) is 8.52. The molecule has 1 aliphatic rings. The Balaban J connectivity index is 0.000000771. The van der Waals surface area contributed by atoms with Crippen molar-refractivity contribution in [2.75, 3.05) is 0 Å². The van der Waals surface area contributed by atoms with Crippen LogP contribution in [-0.4, -0.2) is 9.97 Å². The van der Waals surface area contributed by atoms with Crippen LogP contribution in [0.3, 0.4) is 0 Å². The summed E-state index contributed by atoms with van der Waals surface area (Å²) in [5, 5.41) is 8.67. The molecule has 1 aromatic rings. The van der Waals surface area contributed by atoms with E-state index in [0.29, 0.717) is 17.7 Å². The average molecular weight is 245 g/mol. The van der Waals surface area contributed by atoms with Gasteiger partial charge in [0.05, 0.1) is 12.5 Å². The zero-order chi connectivity index (χ0) is 13.8. The summed E-state index contributed by atoms with van der Waals surface area (Å²) >= 11 is 0. The maximum absolute atomic E-state index is 8.67. The monoisotopic (exact) mass is 245 g/mol. The van der Waals surface area contributed by atoms with Crippen LogP contribution in [0.2, 0.25) is 0 Å². The van der Waals surface area contributed by atoms with Gasteiger partial charge in [-0.05, 0) is 37.2 Å². The summed E-state index contributed by atoms with van der Waals surface area (Å²) in [7, 11) is 0. The van der Waals surface area contributed by atoms with Gasteiger partial charge < -0.3 is 0 Å². The van der Waals surface area contributed by atoms with Crippen LogP contribution in [0.25, 0.3) is 0 Å². The number of nitrogens with zero attached hydrogens (tertiary/aromatic N) is 3. The van der Waals surface area contributed by atoms with Crippen molar-refractivity contribution >= 4 is 0 Å². The number of nitriles is 1. The van der Waals surface area contributed by atoms with E-state index in [2.05, 4.69) is 29.9 Å². The number of aromatic nitrogens is 2. The summed E-state index contributed by atoms with van der Waals surface area (Å²) in [6, 6.07) is 2.11. The molecular weight excluding hydrogens is 222 g/mol. The van der Waals surface area contributed by atoms with Crippen LogP contribution in [-0.2, 0) is 19.3 Å². The van der Waals surface area contributed by atoms with E-state index >= 15 is 0 Å². The van der Waals surface area contributed by atoms with Crippen LogP contribution >= 0.6 is 0 Å². The normalized spacial score (nSPS) is 16.0. The largest absolute Gasteiger partial charge is 0.237 e. The summed E-state index contributed by atoms with van der Waals surface area (Å²) in [6.07, 6.45) is 3.56. The average Bonchev–Trinajstić information content (AvgIpc) is 2.33. The summed E-state index contributed by atoms with van der Waals surface area (Å²) in [5.74, 6) is 0.679. The highest BCUT2D eigenvalue weighted by atomic mass is 14.9. The molecule has 0 amide bonds. The molecule has 0 saturated heterocycles. The molecule has 1 heterocycles. The van der Waals surface area contributed by atoms with E-state index in [9.17, 15) is 0 Å². The summed E-state index contributed by atoms with van der Waals surface area (Å²) in [4.78, 5) is 8.90. The van der Waals surface area contributed by atoms with Gasteiger partial charge >= 0.3 is 0 Å². The van der Waals surface area contributed by atoms with Crippen LogP contribution in [0.1, 0.15) is 56.9 Å². The minimum Gasteiger partial charge on any atom is -0.237 e. The van der Waals surface area contributed by atoms with Crippen molar-refractivity contribution < 1.29 is 0 Å². The Bertz CT molecular complexity index is 456. The van der Waals surface area contributed by atoms with E-state index in [-0.39, 0.29) is 0 Å². The van der Waals surface area contributed by atoms with Crippen molar-refractivity contribution in [2.24, 2.45) is 5.41 Å². The SMILES string of the molecule is CC.Cc1nc(CC#N)nc2c1CC(C)(C)CC2. The van der Waals surface area contributed by atoms with Gasteiger partial charge in [0.15, 0.2) is 0 Å². The summed E-state index contributed by atoms with van der Waals surface area (Å²) in [5.41, 5.74) is 3.88. The fourth-order valence-electron chi connectivity index (χ4n) is 2.33. The van der Waals surface area contributed by atoms with E-state index < -0.39 is 0 Å². The fourth-order valence-corrected chi connectivity index (χ4v) is 2.33. The maximum Gasteiger partial charge on any atom is 0.142 e. The number of fused-ring (bicyclic) bond motifs is 1. The Morgan fingerprint density at radius 1 is 1.28 bits per heavy atom. The number of aryl methyl sites for hydroxylation is 2. The molecule has 0 unspecified atom stereocenters. The highest BCUT2D eigenvalue weighted by Gasteiger charge is 2.27. The molecule has 0 atom stereocenters. The van der Waals surface area contributed by atoms with Crippen LogP contribution in [0.4, 0.5) is 0 Å². The second-order valence-corrected chi connectivity index (χ2v) is 5.33. The molecule has 0 fully saturated rings. The molecule has 0 bridgehead atoms. The van der Waals surface area contributed by atoms with Crippen LogP contribution in [0.15, 0.2) is 0 Å². The molecule has 2 rings (SSSR count). The third kappa shape index (κ3) is 3.29. The highest BCUT2D eigenvalue weighted by Crippen LogP contribution is 2.34. The summed E-state index contributed by atoms with van der Waals surface area (Å²) in [6.45, 7) is 10.6. The first-order valence-electron chi connectivity index (χ1n) is 6.74. The van der Waals surface area contributed by atoms with Crippen LogP contribution in [0.5, 0.6) is 0 Å². The fraction of sp³-hybridized carbons (Fsp3) is 0.667. The molecule has 98 valence electrons. The summed E-state index contributed by atoms with van der Waals surface area (Å²) < 4.78 is 0. The van der Waals surface area contributed by atoms with Gasteiger partial charge in [-0.1, -0.05) is 27.7 Å². The highest BCUT2D eigenvalue weighted by molar-refractivity contribution is 5.29. The van der Waals surface area contributed by atoms with E-state index in [4.69, 9.17) is 5.26 Å². The van der Waals surface area contributed by atoms with E-state index in [1.54, 1.807) is 0 Å². The Kier molecular flexibility index (Phi) is 4.84. The second-order valence-electron chi connectivity index (χ2n) is 5.33. The van der Waals surface area contributed by atoms with Gasteiger partial charge in [-0.15, -0.1) is 0 Å². The van der Waals surface area contributed by atoms with Crippen molar-refractivity contribution in [3.8, 4) is 6.07 Å². The molecule has 0 saturated carbocycles. The molecule has 0 N–H and O–H groups in total. The molecule has 3 heteroatoms. The lowest BCUT2D eigenvalue weighted by Gasteiger charge is -2.31. The molecule has 0 spiro atoms. The lowest BCUT2D eigenvalue weighted by Crippen LogP contribution is -2.25. The minimum atomic E-state index is 0.317. The zero-order valence-corrected chi connectivity index (χ0v) is 12.2. The van der Waals surface area contributed by atoms with Gasteiger partial charge in [0, 0.05) is 11.4 Å². The number of rotatable bonds is 1. The Labute approximate surface area is 110 Å². The number of hydrogen-bond donors (Lipinski definition) is 0. The van der Waals surface area contributed by atoms with E-state index in [0.717, 1.165) is 24.2 Å². The molecule has 1 aromatic heterocycles. The Hall–Kier alpha value is -1.43. The van der Waals surface area contributed by atoms with Crippen molar-refractivity contribution in [2.45, 2.75) is 60.3 Å². The Morgan fingerprint density at radius 3 is 2.56 bits per heavy atom. The van der Waals surface area contributed by atoms with E-state index in [1.807, 2.05) is 20.8 Å². The van der Waals surface area contributed by atoms with Gasteiger partial charge in [-0.3, -0.25) is 0 Å². The lowest BCUT2D eigenvalue weighted by molar-refractivity contribution is 0.310. The molecule has 0 aromatic carbocycles. The first kappa shape index (κ1) is 14.6. The predicted molar refractivity (Wildman–Crippen MR) is 73.2 cm³/mol. The third-order valence-electron chi connectivity index (χ3n) is 3.28. The number of hydrogen-bond acceptors (Lipinski definition) is 3. The smallest absolute Gasteiger partial charge is 0.142 e. The van der Waals surface area contributed by atoms with Gasteiger partial charge in [0.1, 0.15) is 5.82 Å². The molecular formula is C15H23N3. The first-order valence-corrected chi connectivity index (χ1v) is 6.74. The predicted octanol–water partition coefficient (Wildman–Crippen LogP) is 3.39. The Morgan fingerprint density at radius 2 is 1.94 bits per heavy atom. The molecule has 0 radical (unpaired) electrons. The molecule has 0 aliphatic heterocycles. The minimum absolute atomic E-state index is 0.317. The van der Waals surface area contributed by atoms with Crippen molar-refractivity contribution in [1.82, 2.24) is 9.97 Å². The standard InChI is InChI=1S/C13H17N3.C2H6/c1-9-10-8-13(2,3)6-4-11(10)16-12(15-9)5-7-14;1-2/h4-6,8H2,1-3H3;1-2H3. The van der Waals surface area contributed by atoms with Crippen LogP contribution in [0, 0.1) is 23.7 Å². The van der Waals surface area contributed by atoms with Crippen molar-refractivity contribution in [3.05, 3.63) is 22.8 Å². The van der Waals surface area contributed by atoms with E-state index in [1.165, 1.54) is 12.0 Å².